The summed E-state index contributed by atoms with van der Waals surface area (Å²) in [4.78, 5) is 11.0. The molecule has 4 nitrogen and oxygen atoms in total. The van der Waals surface area contributed by atoms with Gasteiger partial charge in [0.1, 0.15) is 5.75 Å². The van der Waals surface area contributed by atoms with E-state index in [9.17, 15) is 4.79 Å². The van der Waals surface area contributed by atoms with E-state index < -0.39 is 5.97 Å². The molecule has 0 fully saturated rings. The van der Waals surface area contributed by atoms with Crippen LogP contribution >= 0.6 is 27.5 Å². The molecule has 0 unspecified atom stereocenters. The van der Waals surface area contributed by atoms with E-state index in [0.717, 1.165) is 10.0 Å². The van der Waals surface area contributed by atoms with Crippen molar-refractivity contribution in [2.45, 2.75) is 6.54 Å². The van der Waals surface area contributed by atoms with Crippen molar-refractivity contribution in [1.82, 2.24) is 0 Å². The second-order valence-electron chi connectivity index (χ2n) is 4.31. The maximum Gasteiger partial charge on any atom is 0.335 e. The van der Waals surface area contributed by atoms with Gasteiger partial charge in [-0.3, -0.25) is 0 Å². The van der Waals surface area contributed by atoms with Crippen LogP contribution in [0, 0.1) is 0 Å². The summed E-state index contributed by atoms with van der Waals surface area (Å²) in [6.45, 7) is 0.456. The molecule has 0 aromatic heterocycles. The normalized spacial score (nSPS) is 10.2. The van der Waals surface area contributed by atoms with Gasteiger partial charge in [0, 0.05) is 16.0 Å². The van der Waals surface area contributed by atoms with E-state index in [1.807, 2.05) is 12.1 Å². The summed E-state index contributed by atoms with van der Waals surface area (Å²) >= 11 is 9.52. The average molecular weight is 371 g/mol. The van der Waals surface area contributed by atoms with Crippen LogP contribution in [-0.4, -0.2) is 18.2 Å². The van der Waals surface area contributed by atoms with Gasteiger partial charge in [-0.25, -0.2) is 4.79 Å². The molecule has 0 saturated carbocycles. The molecule has 0 aliphatic rings. The SMILES string of the molecule is COc1ccc(C(=O)O)cc1NCc1cc(Br)ccc1Cl. The molecular weight excluding hydrogens is 358 g/mol. The van der Waals surface area contributed by atoms with Crippen molar-refractivity contribution in [2.24, 2.45) is 0 Å². The second kappa shape index (κ2) is 6.83. The maximum atomic E-state index is 11.0. The monoisotopic (exact) mass is 369 g/mol. The largest absolute Gasteiger partial charge is 0.495 e. The molecule has 2 aromatic carbocycles. The topological polar surface area (TPSA) is 58.6 Å². The van der Waals surface area contributed by atoms with Gasteiger partial charge >= 0.3 is 5.97 Å². The molecule has 0 amide bonds. The Morgan fingerprint density at radius 3 is 2.76 bits per heavy atom. The third kappa shape index (κ3) is 3.89. The van der Waals surface area contributed by atoms with E-state index in [1.54, 1.807) is 12.1 Å². The zero-order valence-corrected chi connectivity index (χ0v) is 13.5. The van der Waals surface area contributed by atoms with Crippen LogP contribution in [-0.2, 0) is 6.54 Å². The molecule has 2 N–H and O–H groups in total. The number of hydrogen-bond acceptors (Lipinski definition) is 3. The first-order valence-electron chi connectivity index (χ1n) is 6.10. The van der Waals surface area contributed by atoms with Gasteiger partial charge < -0.3 is 15.2 Å². The highest BCUT2D eigenvalue weighted by Gasteiger charge is 2.09. The molecule has 110 valence electrons. The third-order valence-corrected chi connectivity index (χ3v) is 3.79. The number of methoxy groups -OCH3 is 1. The molecular formula is C15H13BrClNO3. The first-order chi connectivity index (χ1) is 10.0. The van der Waals surface area contributed by atoms with Crippen LogP contribution in [0.25, 0.3) is 0 Å². The van der Waals surface area contributed by atoms with E-state index in [0.29, 0.717) is 23.0 Å². The van der Waals surface area contributed by atoms with Crippen molar-refractivity contribution < 1.29 is 14.6 Å². The Labute approximate surface area is 135 Å². The lowest BCUT2D eigenvalue weighted by molar-refractivity contribution is 0.0697. The molecule has 0 heterocycles. The number of hydrogen-bond donors (Lipinski definition) is 2. The number of ether oxygens (including phenoxy) is 1. The summed E-state index contributed by atoms with van der Waals surface area (Å²) < 4.78 is 6.15. The van der Waals surface area contributed by atoms with Crippen molar-refractivity contribution in [3.63, 3.8) is 0 Å². The van der Waals surface area contributed by atoms with Gasteiger partial charge in [-0.05, 0) is 42.0 Å². The number of aromatic carboxylic acids is 1. The molecule has 0 aliphatic carbocycles. The van der Waals surface area contributed by atoms with E-state index in [-0.39, 0.29) is 5.56 Å². The van der Waals surface area contributed by atoms with Crippen LogP contribution in [0.1, 0.15) is 15.9 Å². The minimum atomic E-state index is -0.985. The molecule has 2 aromatic rings. The van der Waals surface area contributed by atoms with Gasteiger partial charge in [0.15, 0.2) is 0 Å². The first-order valence-corrected chi connectivity index (χ1v) is 7.27. The fourth-order valence-electron chi connectivity index (χ4n) is 1.85. The van der Waals surface area contributed by atoms with Gasteiger partial charge in [0.2, 0.25) is 0 Å². The molecule has 21 heavy (non-hydrogen) atoms. The second-order valence-corrected chi connectivity index (χ2v) is 5.63. The van der Waals surface area contributed by atoms with Crippen molar-refractivity contribution in [1.29, 1.82) is 0 Å². The lowest BCUT2D eigenvalue weighted by Gasteiger charge is -2.13. The summed E-state index contributed by atoms with van der Waals surface area (Å²) in [6, 6.07) is 10.2. The molecule has 0 radical (unpaired) electrons. The Balaban J connectivity index is 2.24. The first kappa shape index (κ1) is 15.7. The molecule has 0 bridgehead atoms. The minimum Gasteiger partial charge on any atom is -0.495 e. The minimum absolute atomic E-state index is 0.193. The van der Waals surface area contributed by atoms with Crippen LogP contribution in [0.2, 0.25) is 5.02 Å². The van der Waals surface area contributed by atoms with Gasteiger partial charge in [-0.1, -0.05) is 27.5 Å². The Morgan fingerprint density at radius 1 is 1.33 bits per heavy atom. The summed E-state index contributed by atoms with van der Waals surface area (Å²) in [7, 11) is 1.53. The number of nitrogens with one attached hydrogen (secondary N) is 1. The number of benzene rings is 2. The van der Waals surface area contributed by atoms with Crippen LogP contribution < -0.4 is 10.1 Å². The predicted molar refractivity (Wildman–Crippen MR) is 86.4 cm³/mol. The van der Waals surface area contributed by atoms with Crippen molar-refractivity contribution in [3.05, 3.63) is 57.0 Å². The van der Waals surface area contributed by atoms with Crippen molar-refractivity contribution >= 4 is 39.2 Å². The smallest absolute Gasteiger partial charge is 0.335 e. The predicted octanol–water partition coefficient (Wildman–Crippen LogP) is 4.42. The highest BCUT2D eigenvalue weighted by Crippen LogP contribution is 2.28. The lowest BCUT2D eigenvalue weighted by atomic mass is 10.1. The molecule has 0 aliphatic heterocycles. The number of anilines is 1. The van der Waals surface area contributed by atoms with E-state index in [4.69, 9.17) is 21.4 Å². The summed E-state index contributed by atoms with van der Waals surface area (Å²) in [5.74, 6) is -0.410. The van der Waals surface area contributed by atoms with E-state index in [1.165, 1.54) is 19.2 Å². The zero-order chi connectivity index (χ0) is 15.4. The third-order valence-electron chi connectivity index (χ3n) is 2.92. The lowest BCUT2D eigenvalue weighted by Crippen LogP contribution is -2.04. The van der Waals surface area contributed by atoms with Crippen LogP contribution in [0.5, 0.6) is 5.75 Å². The Morgan fingerprint density at radius 2 is 2.10 bits per heavy atom. The Kier molecular flexibility index (Phi) is 5.09. The van der Waals surface area contributed by atoms with E-state index in [2.05, 4.69) is 21.2 Å². The average Bonchev–Trinajstić information content (AvgIpc) is 2.47. The van der Waals surface area contributed by atoms with Crippen LogP contribution in [0.3, 0.4) is 0 Å². The molecule has 0 spiro atoms. The molecule has 6 heteroatoms. The quantitative estimate of drug-likeness (QED) is 0.818. The fourth-order valence-corrected chi connectivity index (χ4v) is 2.44. The Bertz CT molecular complexity index is 676. The van der Waals surface area contributed by atoms with E-state index >= 15 is 0 Å². The molecule has 2 rings (SSSR count). The summed E-state index contributed by atoms with van der Waals surface area (Å²) in [5.41, 5.74) is 1.70. The number of carbonyl (C=O) groups is 1. The van der Waals surface area contributed by atoms with Gasteiger partial charge in [0.25, 0.3) is 0 Å². The van der Waals surface area contributed by atoms with Gasteiger partial charge in [-0.2, -0.15) is 0 Å². The maximum absolute atomic E-state index is 11.0. The fraction of sp³-hybridized carbons (Fsp3) is 0.133. The zero-order valence-electron chi connectivity index (χ0n) is 11.2. The number of carboxylic acids is 1. The van der Waals surface area contributed by atoms with Crippen molar-refractivity contribution in [3.8, 4) is 5.75 Å². The number of halogens is 2. The van der Waals surface area contributed by atoms with Crippen LogP contribution in [0.4, 0.5) is 5.69 Å². The van der Waals surface area contributed by atoms with Crippen molar-refractivity contribution in [2.75, 3.05) is 12.4 Å². The number of carboxylic acid groups (broad SMARTS) is 1. The highest BCUT2D eigenvalue weighted by molar-refractivity contribution is 9.10. The molecule has 0 atom stereocenters. The molecule has 0 saturated heterocycles. The highest BCUT2D eigenvalue weighted by atomic mass is 79.9. The van der Waals surface area contributed by atoms with Gasteiger partial charge in [0.05, 0.1) is 18.4 Å². The van der Waals surface area contributed by atoms with Crippen LogP contribution in [0.15, 0.2) is 40.9 Å². The van der Waals surface area contributed by atoms with Gasteiger partial charge in [-0.15, -0.1) is 0 Å². The summed E-state index contributed by atoms with van der Waals surface area (Å²) in [5, 5.41) is 12.8. The standard InChI is InChI=1S/C15H13BrClNO3/c1-21-14-5-2-9(15(19)20)7-13(14)18-8-10-6-11(16)3-4-12(10)17/h2-7,18H,8H2,1H3,(H,19,20). The number of rotatable bonds is 5. The summed E-state index contributed by atoms with van der Waals surface area (Å²) in [6.07, 6.45) is 0. The Hall–Kier alpha value is -1.72.